The van der Waals surface area contributed by atoms with Crippen molar-refractivity contribution in [3.63, 3.8) is 0 Å². The van der Waals surface area contributed by atoms with E-state index in [0.717, 1.165) is 11.3 Å². The first-order valence-electron chi connectivity index (χ1n) is 5.35. The Labute approximate surface area is 89.2 Å². The van der Waals surface area contributed by atoms with Gasteiger partial charge in [0.2, 0.25) is 0 Å². The summed E-state index contributed by atoms with van der Waals surface area (Å²) in [5, 5.41) is 4.39. The van der Waals surface area contributed by atoms with Crippen LogP contribution >= 0.6 is 0 Å². The van der Waals surface area contributed by atoms with E-state index < -0.39 is 0 Å². The maximum Gasteiger partial charge on any atom is 0.356 e. The molecule has 0 bridgehead atoms. The van der Waals surface area contributed by atoms with E-state index >= 15 is 0 Å². The summed E-state index contributed by atoms with van der Waals surface area (Å²) < 4.78 is 6.64. The van der Waals surface area contributed by atoms with Crippen molar-refractivity contribution in [3.8, 4) is 0 Å². The fourth-order valence-corrected chi connectivity index (χ4v) is 1.88. The maximum atomic E-state index is 11.7. The zero-order valence-corrected chi connectivity index (χ0v) is 9.41. The molecule has 0 spiro atoms. The first-order chi connectivity index (χ1) is 7.15. The van der Waals surface area contributed by atoms with Gasteiger partial charge in [-0.1, -0.05) is 0 Å². The Hall–Kier alpha value is -1.32. The van der Waals surface area contributed by atoms with Gasteiger partial charge in [-0.3, -0.25) is 4.68 Å². The number of hydrogen-bond donors (Lipinski definition) is 0. The van der Waals surface area contributed by atoms with E-state index in [9.17, 15) is 4.79 Å². The van der Waals surface area contributed by atoms with Crippen molar-refractivity contribution >= 4 is 5.97 Å². The Kier molecular flexibility index (Phi) is 2.50. The van der Waals surface area contributed by atoms with E-state index in [-0.39, 0.29) is 5.97 Å². The number of esters is 1. The molecule has 1 aromatic heterocycles. The van der Waals surface area contributed by atoms with Crippen molar-refractivity contribution < 1.29 is 9.53 Å². The van der Waals surface area contributed by atoms with Gasteiger partial charge in [-0.05, 0) is 26.7 Å². The minimum Gasteiger partial charge on any atom is -0.461 e. The van der Waals surface area contributed by atoms with Crippen LogP contribution in [0.2, 0.25) is 0 Å². The van der Waals surface area contributed by atoms with Gasteiger partial charge in [0.25, 0.3) is 0 Å². The van der Waals surface area contributed by atoms with E-state index in [0.29, 0.717) is 18.2 Å². The Morgan fingerprint density at radius 2 is 2.27 bits per heavy atom. The predicted molar refractivity (Wildman–Crippen MR) is 55.9 cm³/mol. The largest absolute Gasteiger partial charge is 0.461 e. The lowest BCUT2D eigenvalue weighted by molar-refractivity contribution is 0.0513. The normalized spacial score (nSPS) is 15.4. The molecule has 0 atom stereocenters. The third-order valence-electron chi connectivity index (χ3n) is 2.75. The first-order valence-corrected chi connectivity index (χ1v) is 5.35. The molecule has 0 radical (unpaired) electrons. The molecule has 4 nitrogen and oxygen atoms in total. The van der Waals surface area contributed by atoms with Gasteiger partial charge in [0.05, 0.1) is 12.3 Å². The van der Waals surface area contributed by atoms with Gasteiger partial charge >= 0.3 is 5.97 Å². The van der Waals surface area contributed by atoms with Crippen molar-refractivity contribution in [2.45, 2.75) is 32.6 Å². The first kappa shape index (κ1) is 10.2. The van der Waals surface area contributed by atoms with E-state index in [1.165, 1.54) is 12.8 Å². The van der Waals surface area contributed by atoms with Crippen LogP contribution < -0.4 is 0 Å². The van der Waals surface area contributed by atoms with Crippen LogP contribution in [0.15, 0.2) is 0 Å². The minimum atomic E-state index is -0.267. The van der Waals surface area contributed by atoms with Gasteiger partial charge < -0.3 is 4.74 Å². The molecule has 0 N–H and O–H groups in total. The molecule has 0 amide bonds. The molecule has 1 aromatic rings. The fraction of sp³-hybridized carbons (Fsp3) is 0.636. The van der Waals surface area contributed by atoms with Crippen molar-refractivity contribution in [3.05, 3.63) is 17.0 Å². The summed E-state index contributed by atoms with van der Waals surface area (Å²) in [5.41, 5.74) is 2.65. The predicted octanol–water partition coefficient (Wildman–Crippen LogP) is 1.78. The smallest absolute Gasteiger partial charge is 0.356 e. The average molecular weight is 208 g/mol. The number of rotatable bonds is 3. The zero-order chi connectivity index (χ0) is 11.0. The molecule has 1 fully saturated rings. The molecule has 15 heavy (non-hydrogen) atoms. The highest BCUT2D eigenvalue weighted by Gasteiger charge is 2.31. The summed E-state index contributed by atoms with van der Waals surface area (Å²) in [7, 11) is 1.80. The van der Waals surface area contributed by atoms with Gasteiger partial charge in [0.1, 0.15) is 5.69 Å². The summed E-state index contributed by atoms with van der Waals surface area (Å²) in [6.45, 7) is 4.17. The average Bonchev–Trinajstić information content (AvgIpc) is 2.94. The molecule has 1 heterocycles. The molecule has 82 valence electrons. The molecule has 0 aromatic carbocycles. The summed E-state index contributed by atoms with van der Waals surface area (Å²) in [6.07, 6.45) is 2.39. The molecule has 1 aliphatic rings. The standard InChI is InChI=1S/C11H16N2O2/c1-4-15-11(14)10-7(2)9(8-5-6-8)12-13(10)3/h8H,4-6H2,1-3H3. The molecule has 0 unspecified atom stereocenters. The highest BCUT2D eigenvalue weighted by atomic mass is 16.5. The van der Waals surface area contributed by atoms with Crippen LogP contribution in [0, 0.1) is 6.92 Å². The topological polar surface area (TPSA) is 44.1 Å². The summed E-state index contributed by atoms with van der Waals surface area (Å²) in [4.78, 5) is 11.7. The Bertz CT molecular complexity index is 392. The summed E-state index contributed by atoms with van der Waals surface area (Å²) >= 11 is 0. The van der Waals surface area contributed by atoms with Gasteiger partial charge in [-0.15, -0.1) is 0 Å². The second-order valence-corrected chi connectivity index (χ2v) is 3.98. The molecule has 0 saturated heterocycles. The van der Waals surface area contributed by atoms with E-state index in [1.807, 2.05) is 13.8 Å². The van der Waals surface area contributed by atoms with Crippen molar-refractivity contribution in [1.82, 2.24) is 9.78 Å². The fourth-order valence-electron chi connectivity index (χ4n) is 1.88. The number of aromatic nitrogens is 2. The second kappa shape index (κ2) is 3.68. The monoisotopic (exact) mass is 208 g/mol. The van der Waals surface area contributed by atoms with Crippen molar-refractivity contribution in [2.24, 2.45) is 7.05 Å². The lowest BCUT2D eigenvalue weighted by Crippen LogP contribution is -2.11. The molecular weight excluding hydrogens is 192 g/mol. The molecule has 4 heteroatoms. The molecule has 2 rings (SSSR count). The van der Waals surface area contributed by atoms with Crippen LogP contribution in [0.3, 0.4) is 0 Å². The van der Waals surface area contributed by atoms with E-state index in [2.05, 4.69) is 5.10 Å². The molecular formula is C11H16N2O2. The van der Waals surface area contributed by atoms with Gasteiger partial charge in [-0.2, -0.15) is 5.10 Å². The lowest BCUT2D eigenvalue weighted by Gasteiger charge is -2.02. The summed E-state index contributed by atoms with van der Waals surface area (Å²) in [6, 6.07) is 0. The highest BCUT2D eigenvalue weighted by molar-refractivity contribution is 5.89. The van der Waals surface area contributed by atoms with Crippen LogP contribution in [0.4, 0.5) is 0 Å². The number of nitrogens with zero attached hydrogens (tertiary/aromatic N) is 2. The molecule has 1 aliphatic carbocycles. The number of carbonyl (C=O) groups is 1. The van der Waals surface area contributed by atoms with Gasteiger partial charge in [-0.25, -0.2) is 4.79 Å². The SMILES string of the molecule is CCOC(=O)c1c(C)c(C2CC2)nn1C. The third-order valence-corrected chi connectivity index (χ3v) is 2.75. The van der Waals surface area contributed by atoms with E-state index in [1.54, 1.807) is 11.7 Å². The minimum absolute atomic E-state index is 0.267. The van der Waals surface area contributed by atoms with Gasteiger partial charge in [0.15, 0.2) is 0 Å². The van der Waals surface area contributed by atoms with Crippen LogP contribution in [0.5, 0.6) is 0 Å². The second-order valence-electron chi connectivity index (χ2n) is 3.98. The van der Waals surface area contributed by atoms with Gasteiger partial charge in [0, 0.05) is 18.5 Å². The Balaban J connectivity index is 2.33. The number of carbonyl (C=O) groups excluding carboxylic acids is 1. The van der Waals surface area contributed by atoms with Crippen molar-refractivity contribution in [2.75, 3.05) is 6.61 Å². The maximum absolute atomic E-state index is 11.7. The number of aryl methyl sites for hydroxylation is 1. The van der Waals surface area contributed by atoms with Crippen molar-refractivity contribution in [1.29, 1.82) is 0 Å². The number of hydrogen-bond acceptors (Lipinski definition) is 3. The highest BCUT2D eigenvalue weighted by Crippen LogP contribution is 2.41. The van der Waals surface area contributed by atoms with E-state index in [4.69, 9.17) is 4.74 Å². The number of ether oxygens (including phenoxy) is 1. The Morgan fingerprint density at radius 3 is 2.80 bits per heavy atom. The quantitative estimate of drug-likeness (QED) is 0.711. The lowest BCUT2D eigenvalue weighted by atomic mass is 10.1. The van der Waals surface area contributed by atoms with Crippen LogP contribution in [0.25, 0.3) is 0 Å². The van der Waals surface area contributed by atoms with Crippen LogP contribution in [-0.4, -0.2) is 22.4 Å². The Morgan fingerprint density at radius 1 is 1.60 bits per heavy atom. The summed E-state index contributed by atoms with van der Waals surface area (Å²) in [5.74, 6) is 0.302. The zero-order valence-electron chi connectivity index (χ0n) is 9.41. The van der Waals surface area contributed by atoms with Crippen LogP contribution in [-0.2, 0) is 11.8 Å². The van der Waals surface area contributed by atoms with Crippen LogP contribution in [0.1, 0.15) is 47.4 Å². The third kappa shape index (κ3) is 1.76. The molecule has 0 aliphatic heterocycles. The molecule has 1 saturated carbocycles.